The molecule has 0 radical (unpaired) electrons. The van der Waals surface area contributed by atoms with Gasteiger partial charge in [-0.15, -0.1) is 0 Å². The molecule has 1 N–H and O–H groups in total. The fourth-order valence-corrected chi connectivity index (χ4v) is 3.68. The van der Waals surface area contributed by atoms with E-state index in [1.54, 1.807) is 6.92 Å². The summed E-state index contributed by atoms with van der Waals surface area (Å²) in [6.45, 7) is 11.1. The second-order valence-corrected chi connectivity index (χ2v) is 6.96. The van der Waals surface area contributed by atoms with Crippen LogP contribution in [-0.2, 0) is 4.79 Å². The molecule has 0 saturated carbocycles. The van der Waals surface area contributed by atoms with Gasteiger partial charge in [0.1, 0.15) is 6.54 Å². The molecule has 1 aliphatic rings. The predicted molar refractivity (Wildman–Crippen MR) is 103 cm³/mol. The molecule has 4 heteroatoms. The van der Waals surface area contributed by atoms with Gasteiger partial charge in [-0.3, -0.25) is 9.28 Å². The molecule has 2 atom stereocenters. The average Bonchev–Trinajstić information content (AvgIpc) is 2.97. The van der Waals surface area contributed by atoms with E-state index in [1.807, 2.05) is 0 Å². The van der Waals surface area contributed by atoms with Gasteiger partial charge in [-0.1, -0.05) is 38.3 Å². The predicted octanol–water partition coefficient (Wildman–Crippen LogP) is 4.41. The van der Waals surface area contributed by atoms with Crippen LogP contribution in [-0.4, -0.2) is 42.0 Å². The Kier molecular flexibility index (Phi) is 9.92. The molecule has 0 aromatic heterocycles. The van der Waals surface area contributed by atoms with E-state index < -0.39 is 0 Å². The van der Waals surface area contributed by atoms with E-state index in [0.29, 0.717) is 0 Å². The van der Waals surface area contributed by atoms with Gasteiger partial charge in [0.25, 0.3) is 0 Å². The number of likely N-dealkylation sites (N-methyl/N-ethyl adjacent to an activating group) is 1. The van der Waals surface area contributed by atoms with Gasteiger partial charge in [-0.2, -0.15) is 0 Å². The third-order valence-corrected chi connectivity index (χ3v) is 5.19. The van der Waals surface area contributed by atoms with Gasteiger partial charge in [0.2, 0.25) is 5.91 Å². The Balaban J connectivity index is 2.37. The standard InChI is InChI=1S/C20H37N3O/c1-5-7-8-9-10-11-12-13-14-15-20-21-16-17-23(20,6-2)18(3)22-19(4)24/h11-12,18H,5-10,13-17H2,1-4H3/p+1/b12-11+. The van der Waals surface area contributed by atoms with E-state index >= 15 is 0 Å². The molecule has 0 aromatic carbocycles. The molecule has 0 aliphatic carbocycles. The van der Waals surface area contributed by atoms with Crippen LogP contribution < -0.4 is 5.32 Å². The number of carbonyl (C=O) groups excluding carboxylic acids is 1. The molecular weight excluding hydrogens is 298 g/mol. The number of nitrogens with zero attached hydrogens (tertiary/aromatic N) is 2. The van der Waals surface area contributed by atoms with Crippen molar-refractivity contribution in [3.63, 3.8) is 0 Å². The average molecular weight is 337 g/mol. The normalized spacial score (nSPS) is 21.9. The van der Waals surface area contributed by atoms with Crippen LogP contribution >= 0.6 is 0 Å². The second-order valence-electron chi connectivity index (χ2n) is 6.96. The molecule has 1 amide bonds. The summed E-state index contributed by atoms with van der Waals surface area (Å²) in [5.74, 6) is 1.32. The van der Waals surface area contributed by atoms with Crippen LogP contribution in [0.2, 0.25) is 0 Å². The van der Waals surface area contributed by atoms with Gasteiger partial charge < -0.3 is 5.32 Å². The maximum atomic E-state index is 11.4. The SMILES string of the molecule is CCCCCC/C=C/CCCC1=NCC[N+]1(CC)C(C)NC(C)=O. The summed E-state index contributed by atoms with van der Waals surface area (Å²) in [5.41, 5.74) is 0. The summed E-state index contributed by atoms with van der Waals surface area (Å²) in [6, 6.07) is 0. The zero-order valence-corrected chi connectivity index (χ0v) is 16.3. The molecule has 0 spiro atoms. The molecule has 0 aromatic rings. The molecule has 0 saturated heterocycles. The third-order valence-electron chi connectivity index (χ3n) is 5.19. The number of hydrogen-bond donors (Lipinski definition) is 1. The van der Waals surface area contributed by atoms with Crippen LogP contribution in [0.3, 0.4) is 0 Å². The maximum absolute atomic E-state index is 11.4. The Morgan fingerprint density at radius 2 is 1.92 bits per heavy atom. The van der Waals surface area contributed by atoms with Crippen LogP contribution in [0.15, 0.2) is 17.1 Å². The number of aliphatic imine (C=N–C) groups is 1. The number of rotatable bonds is 12. The molecular formula is C20H38N3O+. The quantitative estimate of drug-likeness (QED) is 0.320. The monoisotopic (exact) mass is 336 g/mol. The lowest BCUT2D eigenvalue weighted by molar-refractivity contribution is -0.861. The summed E-state index contributed by atoms with van der Waals surface area (Å²) in [6.07, 6.45) is 14.7. The third kappa shape index (κ3) is 6.39. The van der Waals surface area contributed by atoms with Crippen molar-refractivity contribution in [2.45, 2.75) is 85.2 Å². The number of allylic oxidation sites excluding steroid dienone is 2. The fourth-order valence-electron chi connectivity index (χ4n) is 3.68. The van der Waals surface area contributed by atoms with Crippen molar-refractivity contribution < 1.29 is 9.28 Å². The first-order chi connectivity index (χ1) is 11.6. The first kappa shape index (κ1) is 20.9. The van der Waals surface area contributed by atoms with Crippen molar-refractivity contribution in [1.29, 1.82) is 0 Å². The number of nitrogens with one attached hydrogen (secondary N) is 1. The van der Waals surface area contributed by atoms with Crippen molar-refractivity contribution in [1.82, 2.24) is 5.32 Å². The van der Waals surface area contributed by atoms with Crippen LogP contribution in [0.25, 0.3) is 0 Å². The molecule has 24 heavy (non-hydrogen) atoms. The van der Waals surface area contributed by atoms with Crippen LogP contribution in [0.5, 0.6) is 0 Å². The second kappa shape index (κ2) is 11.4. The number of amidine groups is 1. The zero-order chi connectivity index (χ0) is 17.8. The molecule has 0 fully saturated rings. The van der Waals surface area contributed by atoms with E-state index in [1.165, 1.54) is 37.9 Å². The number of quaternary nitrogens is 1. The minimum atomic E-state index is 0.0470. The summed E-state index contributed by atoms with van der Waals surface area (Å²) >= 11 is 0. The van der Waals surface area contributed by atoms with E-state index in [0.717, 1.165) is 43.4 Å². The van der Waals surface area contributed by atoms with Gasteiger partial charge >= 0.3 is 0 Å². The highest BCUT2D eigenvalue weighted by Gasteiger charge is 2.41. The zero-order valence-electron chi connectivity index (χ0n) is 16.3. The maximum Gasteiger partial charge on any atom is 0.221 e. The van der Waals surface area contributed by atoms with Gasteiger partial charge in [0, 0.05) is 20.3 Å². The fraction of sp³-hybridized carbons (Fsp3) is 0.800. The molecule has 1 aliphatic heterocycles. The van der Waals surface area contributed by atoms with Crippen LogP contribution in [0, 0.1) is 0 Å². The minimum Gasteiger partial charge on any atom is -0.307 e. The highest BCUT2D eigenvalue weighted by Crippen LogP contribution is 2.22. The summed E-state index contributed by atoms with van der Waals surface area (Å²) in [4.78, 5) is 16.2. The first-order valence-electron chi connectivity index (χ1n) is 9.89. The highest BCUT2D eigenvalue weighted by molar-refractivity contribution is 5.78. The van der Waals surface area contributed by atoms with E-state index in [4.69, 9.17) is 4.99 Å². The molecule has 4 nitrogen and oxygen atoms in total. The number of hydrogen-bond acceptors (Lipinski definition) is 2. The van der Waals surface area contributed by atoms with Crippen molar-refractivity contribution in [3.05, 3.63) is 12.2 Å². The van der Waals surface area contributed by atoms with Gasteiger partial charge in [0.05, 0.1) is 13.1 Å². The van der Waals surface area contributed by atoms with Crippen molar-refractivity contribution in [2.75, 3.05) is 19.6 Å². The van der Waals surface area contributed by atoms with Crippen molar-refractivity contribution in [2.24, 2.45) is 4.99 Å². The lowest BCUT2D eigenvalue weighted by Crippen LogP contribution is -2.62. The Labute approximate surface area is 149 Å². The lowest BCUT2D eigenvalue weighted by atomic mass is 10.1. The van der Waals surface area contributed by atoms with Crippen molar-refractivity contribution >= 4 is 11.7 Å². The topological polar surface area (TPSA) is 41.5 Å². The summed E-state index contributed by atoms with van der Waals surface area (Å²) in [7, 11) is 0. The number of carbonyl (C=O) groups is 1. The molecule has 138 valence electrons. The number of amides is 1. The van der Waals surface area contributed by atoms with E-state index in [9.17, 15) is 4.79 Å². The summed E-state index contributed by atoms with van der Waals surface area (Å²) in [5, 5.41) is 3.08. The summed E-state index contributed by atoms with van der Waals surface area (Å²) < 4.78 is 0.834. The number of unbranched alkanes of at least 4 members (excludes halogenated alkanes) is 5. The van der Waals surface area contributed by atoms with Crippen molar-refractivity contribution in [3.8, 4) is 0 Å². The van der Waals surface area contributed by atoms with Crippen LogP contribution in [0.1, 0.15) is 79.1 Å². The van der Waals surface area contributed by atoms with Gasteiger partial charge in [-0.25, -0.2) is 4.99 Å². The van der Waals surface area contributed by atoms with Gasteiger partial charge in [0.15, 0.2) is 12.0 Å². The molecule has 1 rings (SSSR count). The molecule has 2 unspecified atom stereocenters. The smallest absolute Gasteiger partial charge is 0.221 e. The Hall–Kier alpha value is -1.16. The molecule has 0 bridgehead atoms. The minimum absolute atomic E-state index is 0.0470. The largest absolute Gasteiger partial charge is 0.307 e. The van der Waals surface area contributed by atoms with Gasteiger partial charge in [-0.05, 0) is 32.6 Å². The highest BCUT2D eigenvalue weighted by atomic mass is 16.1. The Bertz CT molecular complexity index is 431. The van der Waals surface area contributed by atoms with E-state index in [2.05, 4.69) is 38.2 Å². The first-order valence-corrected chi connectivity index (χ1v) is 9.89. The Morgan fingerprint density at radius 3 is 2.54 bits per heavy atom. The lowest BCUT2D eigenvalue weighted by Gasteiger charge is -2.39. The van der Waals surface area contributed by atoms with E-state index in [-0.39, 0.29) is 12.1 Å². The Morgan fingerprint density at radius 1 is 1.21 bits per heavy atom. The van der Waals surface area contributed by atoms with Crippen LogP contribution in [0.4, 0.5) is 0 Å². The molecule has 1 heterocycles.